The lowest BCUT2D eigenvalue weighted by atomic mass is 10.3. The highest BCUT2D eigenvalue weighted by Gasteiger charge is 2.23. The Morgan fingerprint density at radius 3 is 2.65 bits per heavy atom. The fourth-order valence-corrected chi connectivity index (χ4v) is 2.84. The fourth-order valence-electron chi connectivity index (χ4n) is 1.69. The molecule has 2 rings (SSSR count). The molecule has 108 valence electrons. The van der Waals surface area contributed by atoms with Gasteiger partial charge in [-0.1, -0.05) is 0 Å². The van der Waals surface area contributed by atoms with Gasteiger partial charge in [-0.05, 0) is 30.3 Å². The van der Waals surface area contributed by atoms with Crippen molar-refractivity contribution in [2.75, 3.05) is 14.2 Å². The van der Waals surface area contributed by atoms with Gasteiger partial charge in [0.25, 0.3) is 0 Å². The van der Waals surface area contributed by atoms with E-state index in [1.807, 2.05) is 0 Å². The van der Waals surface area contributed by atoms with E-state index in [1.165, 1.54) is 32.6 Å². The third kappa shape index (κ3) is 2.83. The lowest BCUT2D eigenvalue weighted by Gasteiger charge is -2.16. The Hall–Kier alpha value is -1.86. The third-order valence-corrected chi connectivity index (χ3v) is 4.59. The van der Waals surface area contributed by atoms with Gasteiger partial charge >= 0.3 is 0 Å². The fraction of sp³-hybridized carbons (Fsp3) is 0.231. The van der Waals surface area contributed by atoms with Crippen molar-refractivity contribution in [3.05, 3.63) is 48.2 Å². The molecule has 0 N–H and O–H groups in total. The van der Waals surface area contributed by atoms with Gasteiger partial charge in [-0.2, -0.15) is 4.31 Å². The smallest absolute Gasteiger partial charge is 0.243 e. The Balaban J connectivity index is 2.27. The first-order valence-electron chi connectivity index (χ1n) is 5.77. The monoisotopic (exact) mass is 299 g/mol. The zero-order valence-electron chi connectivity index (χ0n) is 11.0. The van der Waals surface area contributed by atoms with E-state index in [0.29, 0.717) is 5.76 Å². The number of ether oxygens (including phenoxy) is 1. The summed E-state index contributed by atoms with van der Waals surface area (Å²) in [5.41, 5.74) is 0. The van der Waals surface area contributed by atoms with Gasteiger partial charge in [0.2, 0.25) is 10.0 Å². The van der Waals surface area contributed by atoms with Crippen LogP contribution in [-0.2, 0) is 16.6 Å². The number of methoxy groups -OCH3 is 1. The third-order valence-electron chi connectivity index (χ3n) is 2.79. The van der Waals surface area contributed by atoms with Crippen LogP contribution in [-0.4, -0.2) is 26.9 Å². The number of hydrogen-bond acceptors (Lipinski definition) is 4. The molecule has 5 nitrogen and oxygen atoms in total. The Kier molecular flexibility index (Phi) is 4.10. The summed E-state index contributed by atoms with van der Waals surface area (Å²) in [6.07, 6.45) is 1.46. The second-order valence-corrected chi connectivity index (χ2v) is 6.18. The Labute approximate surface area is 116 Å². The molecule has 0 saturated heterocycles. The van der Waals surface area contributed by atoms with Gasteiger partial charge in [-0.25, -0.2) is 12.8 Å². The summed E-state index contributed by atoms with van der Waals surface area (Å²) in [4.78, 5) is -0.134. The molecule has 1 aromatic heterocycles. The van der Waals surface area contributed by atoms with E-state index in [0.717, 1.165) is 10.4 Å². The molecule has 2 aromatic rings. The maximum atomic E-state index is 13.6. The molecule has 20 heavy (non-hydrogen) atoms. The molecule has 0 unspecified atom stereocenters. The van der Waals surface area contributed by atoms with E-state index >= 15 is 0 Å². The largest absolute Gasteiger partial charge is 0.494 e. The topological polar surface area (TPSA) is 59.8 Å². The second-order valence-electron chi connectivity index (χ2n) is 4.14. The highest BCUT2D eigenvalue weighted by Crippen LogP contribution is 2.23. The van der Waals surface area contributed by atoms with Gasteiger partial charge in [0.1, 0.15) is 5.76 Å². The van der Waals surface area contributed by atoms with Crippen molar-refractivity contribution < 1.29 is 22.0 Å². The van der Waals surface area contributed by atoms with Gasteiger partial charge in [0, 0.05) is 7.05 Å². The molecular formula is C13H14FNO4S. The average Bonchev–Trinajstić information content (AvgIpc) is 2.91. The molecule has 0 bridgehead atoms. The number of rotatable bonds is 5. The predicted molar refractivity (Wildman–Crippen MR) is 70.3 cm³/mol. The van der Waals surface area contributed by atoms with Gasteiger partial charge < -0.3 is 9.15 Å². The number of benzene rings is 1. The van der Waals surface area contributed by atoms with E-state index in [4.69, 9.17) is 9.15 Å². The van der Waals surface area contributed by atoms with Gasteiger partial charge in [0.15, 0.2) is 11.6 Å². The van der Waals surface area contributed by atoms with Crippen LogP contribution in [0.25, 0.3) is 0 Å². The molecule has 0 spiro atoms. The minimum absolute atomic E-state index is 0.00219. The minimum atomic E-state index is -3.78. The van der Waals surface area contributed by atoms with Crippen LogP contribution in [0.5, 0.6) is 5.75 Å². The molecule has 0 amide bonds. The Morgan fingerprint density at radius 1 is 1.35 bits per heavy atom. The molecular weight excluding hydrogens is 285 g/mol. The summed E-state index contributed by atoms with van der Waals surface area (Å²) in [6, 6.07) is 6.86. The second kappa shape index (κ2) is 5.64. The minimum Gasteiger partial charge on any atom is -0.494 e. The first kappa shape index (κ1) is 14.5. The summed E-state index contributed by atoms with van der Waals surface area (Å²) >= 11 is 0. The highest BCUT2D eigenvalue weighted by atomic mass is 32.2. The zero-order valence-corrected chi connectivity index (χ0v) is 11.9. The molecule has 0 fully saturated rings. The van der Waals surface area contributed by atoms with E-state index in [2.05, 4.69) is 0 Å². The Bertz CT molecular complexity index is 682. The van der Waals surface area contributed by atoms with Crippen LogP contribution >= 0.6 is 0 Å². The molecule has 0 atom stereocenters. The Morgan fingerprint density at radius 2 is 2.10 bits per heavy atom. The molecule has 7 heteroatoms. The SMILES string of the molecule is COc1ccc(S(=O)(=O)N(C)Cc2ccco2)cc1F. The predicted octanol–water partition coefficient (Wildman–Crippen LogP) is 2.25. The molecule has 1 aromatic carbocycles. The molecule has 0 radical (unpaired) electrons. The summed E-state index contributed by atoms with van der Waals surface area (Å²) < 4.78 is 49.1. The van der Waals surface area contributed by atoms with E-state index in [9.17, 15) is 12.8 Å². The maximum Gasteiger partial charge on any atom is 0.243 e. The van der Waals surface area contributed by atoms with Crippen molar-refractivity contribution in [1.29, 1.82) is 0 Å². The highest BCUT2D eigenvalue weighted by molar-refractivity contribution is 7.89. The number of hydrogen-bond donors (Lipinski definition) is 0. The lowest BCUT2D eigenvalue weighted by molar-refractivity contribution is 0.384. The van der Waals surface area contributed by atoms with Gasteiger partial charge in [-0.3, -0.25) is 0 Å². The summed E-state index contributed by atoms with van der Waals surface area (Å²) in [6.45, 7) is 0.0724. The van der Waals surface area contributed by atoms with Crippen LogP contribution in [0.4, 0.5) is 4.39 Å². The molecule has 0 aliphatic carbocycles. The van der Waals surface area contributed by atoms with Crippen molar-refractivity contribution >= 4 is 10.0 Å². The van der Waals surface area contributed by atoms with E-state index in [1.54, 1.807) is 12.1 Å². The van der Waals surface area contributed by atoms with Crippen molar-refractivity contribution in [1.82, 2.24) is 4.31 Å². The molecule has 0 saturated carbocycles. The summed E-state index contributed by atoms with van der Waals surface area (Å²) in [7, 11) is -1.07. The zero-order chi connectivity index (χ0) is 14.8. The van der Waals surface area contributed by atoms with Crippen LogP contribution in [0.3, 0.4) is 0 Å². The lowest BCUT2D eigenvalue weighted by Crippen LogP contribution is -2.26. The first-order valence-corrected chi connectivity index (χ1v) is 7.21. The van der Waals surface area contributed by atoms with Crippen molar-refractivity contribution in [3.63, 3.8) is 0 Å². The van der Waals surface area contributed by atoms with Crippen LogP contribution in [0, 0.1) is 5.82 Å². The van der Waals surface area contributed by atoms with Crippen molar-refractivity contribution in [3.8, 4) is 5.75 Å². The van der Waals surface area contributed by atoms with Gasteiger partial charge in [0.05, 0.1) is 24.8 Å². The average molecular weight is 299 g/mol. The van der Waals surface area contributed by atoms with Crippen molar-refractivity contribution in [2.24, 2.45) is 0 Å². The number of sulfonamides is 1. The van der Waals surface area contributed by atoms with E-state index < -0.39 is 15.8 Å². The van der Waals surface area contributed by atoms with Crippen LogP contribution in [0.1, 0.15) is 5.76 Å². The summed E-state index contributed by atoms with van der Waals surface area (Å²) in [5, 5.41) is 0. The quantitative estimate of drug-likeness (QED) is 0.849. The van der Waals surface area contributed by atoms with Gasteiger partial charge in [-0.15, -0.1) is 0 Å². The molecule has 1 heterocycles. The van der Waals surface area contributed by atoms with Crippen LogP contribution in [0.2, 0.25) is 0 Å². The number of nitrogens with zero attached hydrogens (tertiary/aromatic N) is 1. The number of furan rings is 1. The van der Waals surface area contributed by atoms with Crippen LogP contribution in [0.15, 0.2) is 45.9 Å². The number of halogens is 1. The maximum absolute atomic E-state index is 13.6. The molecule has 0 aliphatic rings. The standard InChI is InChI=1S/C13H14FNO4S/c1-15(9-10-4-3-7-19-10)20(16,17)11-5-6-13(18-2)12(14)8-11/h3-8H,9H2,1-2H3. The molecule has 0 aliphatic heterocycles. The van der Waals surface area contributed by atoms with Crippen LogP contribution < -0.4 is 4.74 Å². The normalized spacial score (nSPS) is 11.8. The van der Waals surface area contributed by atoms with E-state index in [-0.39, 0.29) is 17.2 Å². The van der Waals surface area contributed by atoms with Crippen molar-refractivity contribution in [2.45, 2.75) is 11.4 Å². The summed E-state index contributed by atoms with van der Waals surface area (Å²) in [5.74, 6) is -0.220. The first-order chi connectivity index (χ1) is 9.45.